The molecule has 1 aromatic heterocycles. The van der Waals surface area contributed by atoms with Crippen LogP contribution in [0.3, 0.4) is 0 Å². The van der Waals surface area contributed by atoms with Crippen molar-refractivity contribution in [2.45, 2.75) is 45.4 Å². The van der Waals surface area contributed by atoms with Crippen LogP contribution in [0.2, 0.25) is 18.1 Å². The summed E-state index contributed by atoms with van der Waals surface area (Å²) in [6.45, 7) is 6.18. The Kier molecular flexibility index (Phi) is 5.73. The lowest BCUT2D eigenvalue weighted by molar-refractivity contribution is 0.0641. The van der Waals surface area contributed by atoms with Crippen molar-refractivity contribution in [1.82, 2.24) is 9.88 Å². The fourth-order valence-corrected chi connectivity index (χ4v) is 6.80. The highest BCUT2D eigenvalue weighted by molar-refractivity contribution is 6.74. The average molecular weight is 453 g/mol. The highest BCUT2D eigenvalue weighted by Crippen LogP contribution is 2.45. The Balaban J connectivity index is 1.89. The van der Waals surface area contributed by atoms with E-state index in [4.69, 9.17) is 4.43 Å². The van der Waals surface area contributed by atoms with Gasteiger partial charge in [-0.25, -0.2) is 4.39 Å². The second kappa shape index (κ2) is 8.35. The van der Waals surface area contributed by atoms with E-state index in [1.54, 1.807) is 18.3 Å². The van der Waals surface area contributed by atoms with E-state index in [9.17, 15) is 19.1 Å². The van der Waals surface area contributed by atoms with Gasteiger partial charge in [-0.2, -0.15) is 0 Å². The van der Waals surface area contributed by atoms with Gasteiger partial charge in [0.05, 0.1) is 17.7 Å². The number of amides is 2. The van der Waals surface area contributed by atoms with Gasteiger partial charge in [-0.05, 0) is 48.0 Å². The number of fused-ring (bicyclic) bond motifs is 2. The Hall–Kier alpha value is -3.26. The predicted molar refractivity (Wildman–Crippen MR) is 122 cm³/mol. The van der Waals surface area contributed by atoms with E-state index < -0.39 is 25.9 Å². The van der Waals surface area contributed by atoms with Gasteiger partial charge < -0.3 is 9.53 Å². The van der Waals surface area contributed by atoms with Gasteiger partial charge in [0.1, 0.15) is 22.8 Å². The first kappa shape index (κ1) is 21.9. The van der Waals surface area contributed by atoms with E-state index in [2.05, 4.69) is 25.8 Å². The smallest absolute Gasteiger partial charge is 0.265 e. The number of carbonyl (C=O) groups is 2. The van der Waals surface area contributed by atoms with Crippen LogP contribution >= 0.6 is 0 Å². The first-order chi connectivity index (χ1) is 15.4. The molecule has 0 aliphatic carbocycles. The lowest BCUT2D eigenvalue weighted by Crippen LogP contribution is -2.40. The molecule has 1 aliphatic rings. The second-order valence-electron chi connectivity index (χ2n) is 8.00. The molecule has 0 unspecified atom stereocenters. The molecule has 2 amide bonds. The fourth-order valence-electron chi connectivity index (χ4n) is 4.24. The van der Waals surface area contributed by atoms with Gasteiger partial charge >= 0.3 is 0 Å². The SMILES string of the molecule is CC[Si](CC)(CC)Oc1c2c(c(O)c3cccnc13)C(=O)N(Cc1ccc(F)cc1)C2=O. The topological polar surface area (TPSA) is 79.7 Å². The predicted octanol–water partition coefficient (Wildman–Crippen LogP) is 5.26. The third kappa shape index (κ3) is 3.44. The molecule has 3 aromatic rings. The van der Waals surface area contributed by atoms with Crippen molar-refractivity contribution in [3.63, 3.8) is 0 Å². The van der Waals surface area contributed by atoms with E-state index in [0.717, 1.165) is 23.0 Å². The summed E-state index contributed by atoms with van der Waals surface area (Å²) in [5.74, 6) is -1.53. The lowest BCUT2D eigenvalue weighted by Gasteiger charge is -2.30. The van der Waals surface area contributed by atoms with Gasteiger partial charge in [-0.1, -0.05) is 32.9 Å². The first-order valence-electron chi connectivity index (χ1n) is 10.8. The monoisotopic (exact) mass is 452 g/mol. The normalized spacial score (nSPS) is 13.7. The number of hydrogen-bond donors (Lipinski definition) is 1. The van der Waals surface area contributed by atoms with E-state index in [1.165, 1.54) is 24.3 Å². The Morgan fingerprint density at radius 2 is 1.62 bits per heavy atom. The van der Waals surface area contributed by atoms with Crippen molar-refractivity contribution in [2.24, 2.45) is 0 Å². The summed E-state index contributed by atoms with van der Waals surface area (Å²) >= 11 is 0. The molecule has 0 bridgehead atoms. The zero-order chi connectivity index (χ0) is 23.0. The minimum atomic E-state index is -2.24. The number of phenols is 1. The van der Waals surface area contributed by atoms with Crippen LogP contribution in [0.4, 0.5) is 4.39 Å². The number of imide groups is 1. The molecule has 0 atom stereocenters. The van der Waals surface area contributed by atoms with Crippen LogP contribution in [0.15, 0.2) is 42.6 Å². The molecule has 1 N–H and O–H groups in total. The largest absolute Gasteiger partial charge is 0.541 e. The summed E-state index contributed by atoms with van der Waals surface area (Å²) in [4.78, 5) is 32.2. The Bertz CT molecular complexity index is 1200. The second-order valence-corrected chi connectivity index (χ2v) is 12.7. The van der Waals surface area contributed by atoms with Crippen LogP contribution in [0.5, 0.6) is 11.5 Å². The molecule has 0 saturated heterocycles. The molecule has 0 fully saturated rings. The third-order valence-electron chi connectivity index (χ3n) is 6.42. The summed E-state index contributed by atoms with van der Waals surface area (Å²) in [6, 6.07) is 11.5. The number of nitrogens with zero attached hydrogens (tertiary/aromatic N) is 2. The highest BCUT2D eigenvalue weighted by Gasteiger charge is 2.44. The van der Waals surface area contributed by atoms with Gasteiger partial charge in [-0.3, -0.25) is 19.5 Å². The van der Waals surface area contributed by atoms with Crippen LogP contribution in [0.25, 0.3) is 10.9 Å². The van der Waals surface area contributed by atoms with Gasteiger partial charge in [-0.15, -0.1) is 0 Å². The molecule has 166 valence electrons. The number of carbonyl (C=O) groups excluding carboxylic acids is 2. The van der Waals surface area contributed by atoms with Crippen molar-refractivity contribution >= 4 is 31.0 Å². The molecule has 8 heteroatoms. The van der Waals surface area contributed by atoms with Crippen LogP contribution in [-0.4, -0.2) is 35.1 Å². The molecule has 6 nitrogen and oxygen atoms in total. The number of rotatable bonds is 7. The number of aromatic nitrogens is 1. The first-order valence-corrected chi connectivity index (χ1v) is 13.3. The third-order valence-corrected chi connectivity index (χ3v) is 10.9. The molecular formula is C24H25FN2O4Si. The number of phenolic OH excluding ortho intramolecular Hbond substituents is 1. The van der Waals surface area contributed by atoms with Crippen molar-refractivity contribution in [3.05, 3.63) is 65.1 Å². The van der Waals surface area contributed by atoms with Gasteiger partial charge in [0.25, 0.3) is 20.1 Å². The lowest BCUT2D eigenvalue weighted by atomic mass is 10.0. The standard InChI is InChI=1S/C24H25FN2O4Si/c1-4-32(5-2,6-3)31-22-19-18(21(28)17-8-7-13-26-20(17)22)23(29)27(24(19)30)14-15-9-11-16(25)12-10-15/h7-13,28H,4-6,14H2,1-3H3. The average Bonchev–Trinajstić information content (AvgIpc) is 3.06. The Morgan fingerprint density at radius 1 is 1.00 bits per heavy atom. The maximum atomic E-state index is 13.5. The van der Waals surface area contributed by atoms with E-state index >= 15 is 0 Å². The number of pyridine rings is 1. The molecular weight excluding hydrogens is 427 g/mol. The van der Waals surface area contributed by atoms with E-state index in [0.29, 0.717) is 16.5 Å². The summed E-state index contributed by atoms with van der Waals surface area (Å²) in [5, 5.41) is 11.3. The molecule has 0 radical (unpaired) electrons. The van der Waals surface area contributed by atoms with Gasteiger partial charge in [0.15, 0.2) is 0 Å². The van der Waals surface area contributed by atoms with Crippen LogP contribution < -0.4 is 4.43 Å². The molecule has 32 heavy (non-hydrogen) atoms. The zero-order valence-electron chi connectivity index (χ0n) is 18.3. The number of hydrogen-bond acceptors (Lipinski definition) is 5. The van der Waals surface area contributed by atoms with Crippen LogP contribution in [0.1, 0.15) is 47.1 Å². The summed E-state index contributed by atoms with van der Waals surface area (Å²) in [6.07, 6.45) is 1.58. The number of halogens is 1. The number of aromatic hydroxyl groups is 1. The van der Waals surface area contributed by atoms with Gasteiger partial charge in [0, 0.05) is 11.6 Å². The van der Waals surface area contributed by atoms with Crippen molar-refractivity contribution < 1.29 is 23.5 Å². The minimum absolute atomic E-state index is 0.0345. The maximum Gasteiger partial charge on any atom is 0.265 e. The fraction of sp³-hybridized carbons (Fsp3) is 0.292. The molecule has 1 aliphatic heterocycles. The minimum Gasteiger partial charge on any atom is -0.541 e. The van der Waals surface area contributed by atoms with Crippen molar-refractivity contribution in [1.29, 1.82) is 0 Å². The summed E-state index contributed by atoms with van der Waals surface area (Å²) in [5.41, 5.74) is 0.984. The highest BCUT2D eigenvalue weighted by atomic mass is 28.4. The zero-order valence-corrected chi connectivity index (χ0v) is 19.3. The summed E-state index contributed by atoms with van der Waals surface area (Å²) in [7, 11) is -2.24. The van der Waals surface area contributed by atoms with E-state index in [1.807, 2.05) is 0 Å². The Morgan fingerprint density at radius 3 is 2.25 bits per heavy atom. The molecule has 0 spiro atoms. The molecule has 0 saturated carbocycles. The molecule has 2 aromatic carbocycles. The molecule has 2 heterocycles. The van der Waals surface area contributed by atoms with Crippen LogP contribution in [-0.2, 0) is 6.54 Å². The Labute approximate surface area is 186 Å². The van der Waals surface area contributed by atoms with Gasteiger partial charge in [0.2, 0.25) is 0 Å². The maximum absolute atomic E-state index is 13.5. The quantitative estimate of drug-likeness (QED) is 0.391. The van der Waals surface area contributed by atoms with E-state index in [-0.39, 0.29) is 29.2 Å². The van der Waals surface area contributed by atoms with Crippen LogP contribution in [0, 0.1) is 5.82 Å². The van der Waals surface area contributed by atoms with Crippen molar-refractivity contribution in [2.75, 3.05) is 0 Å². The molecule has 4 rings (SSSR count). The van der Waals surface area contributed by atoms with Crippen molar-refractivity contribution in [3.8, 4) is 11.5 Å². The number of benzene rings is 2. The summed E-state index contributed by atoms with van der Waals surface area (Å²) < 4.78 is 19.9.